The molecule has 1 saturated carbocycles. The Bertz CT molecular complexity index is 1180. The molecule has 28 heavy (non-hydrogen) atoms. The van der Waals surface area contributed by atoms with Gasteiger partial charge in [-0.15, -0.1) is 0 Å². The summed E-state index contributed by atoms with van der Waals surface area (Å²) in [6.07, 6.45) is 5.68. The lowest BCUT2D eigenvalue weighted by atomic mass is 10.0. The second-order valence-electron chi connectivity index (χ2n) is 6.58. The number of nitrogens with one attached hydrogen (secondary N) is 1. The van der Waals surface area contributed by atoms with Crippen molar-refractivity contribution >= 4 is 28.3 Å². The van der Waals surface area contributed by atoms with Crippen LogP contribution in [-0.4, -0.2) is 26.9 Å². The van der Waals surface area contributed by atoms with Gasteiger partial charge in [-0.25, -0.2) is 16.5 Å². The fourth-order valence-corrected chi connectivity index (χ4v) is 3.10. The highest BCUT2D eigenvalue weighted by Gasteiger charge is 2.49. The molecule has 1 aliphatic carbocycles. The summed E-state index contributed by atoms with van der Waals surface area (Å²) >= 11 is 0. The van der Waals surface area contributed by atoms with E-state index in [4.69, 9.17) is 17.6 Å². The molecular weight excluding hydrogens is 354 g/mol. The highest BCUT2D eigenvalue weighted by molar-refractivity contribution is 5.98. The van der Waals surface area contributed by atoms with Gasteiger partial charge in [0.25, 0.3) is 0 Å². The van der Waals surface area contributed by atoms with Gasteiger partial charge in [-0.2, -0.15) is 5.26 Å². The minimum Gasteiger partial charge on any atom is -0.383 e. The smallest absolute Gasteiger partial charge is 0.236 e. The number of rotatable bonds is 4. The Labute approximate surface area is 160 Å². The fraction of sp³-hybridized carbons (Fsp3) is 0.200. The first-order chi connectivity index (χ1) is 13.6. The van der Waals surface area contributed by atoms with Crippen LogP contribution in [0.3, 0.4) is 0 Å². The molecule has 0 saturated heterocycles. The summed E-state index contributed by atoms with van der Waals surface area (Å²) in [7, 11) is 0. The Morgan fingerprint density at radius 1 is 1.43 bits per heavy atom. The average molecular weight is 369 g/mol. The number of nitriles is 1. The molecule has 3 N–H and O–H groups in total. The molecule has 0 aromatic carbocycles. The molecule has 3 aromatic heterocycles. The van der Waals surface area contributed by atoms with Gasteiger partial charge in [-0.05, 0) is 29.1 Å². The van der Waals surface area contributed by atoms with E-state index in [9.17, 15) is 4.79 Å². The van der Waals surface area contributed by atoms with Gasteiger partial charge in [0.15, 0.2) is 0 Å². The minimum absolute atomic E-state index is 0.196. The van der Waals surface area contributed by atoms with Crippen molar-refractivity contribution in [3.8, 4) is 17.3 Å². The van der Waals surface area contributed by atoms with Crippen LogP contribution in [0.1, 0.15) is 12.0 Å². The molecule has 3 heterocycles. The van der Waals surface area contributed by atoms with Gasteiger partial charge in [0.05, 0.1) is 18.2 Å². The number of nitrogens with zero attached hydrogens (tertiary/aromatic N) is 5. The number of hydrogen-bond acceptors (Lipinski definition) is 6. The number of pyridine rings is 3. The molecule has 0 bridgehead atoms. The fourth-order valence-electron chi connectivity index (χ4n) is 3.10. The van der Waals surface area contributed by atoms with Crippen LogP contribution in [0.5, 0.6) is 0 Å². The van der Waals surface area contributed by atoms with Crippen LogP contribution in [0, 0.1) is 23.8 Å². The summed E-state index contributed by atoms with van der Waals surface area (Å²) in [5.41, 5.74) is 8.25. The van der Waals surface area contributed by atoms with Gasteiger partial charge in [0, 0.05) is 36.0 Å². The van der Waals surface area contributed by atoms with Crippen molar-refractivity contribution < 1.29 is 4.79 Å². The van der Waals surface area contributed by atoms with Crippen LogP contribution in [0.2, 0.25) is 0 Å². The number of nitrogens with two attached hydrogens (primary N) is 1. The molecular formula is C20H15N7O. The quantitative estimate of drug-likeness (QED) is 0.682. The van der Waals surface area contributed by atoms with Crippen LogP contribution >= 0.6 is 0 Å². The van der Waals surface area contributed by atoms with Crippen molar-refractivity contribution in [3.05, 3.63) is 53.8 Å². The van der Waals surface area contributed by atoms with E-state index >= 15 is 0 Å². The van der Waals surface area contributed by atoms with Crippen LogP contribution in [-0.2, 0) is 11.2 Å². The molecule has 136 valence electrons. The zero-order valence-corrected chi connectivity index (χ0v) is 14.8. The third kappa shape index (κ3) is 3.19. The maximum absolute atomic E-state index is 12.2. The molecule has 8 nitrogen and oxygen atoms in total. The zero-order chi connectivity index (χ0) is 19.7. The van der Waals surface area contributed by atoms with Crippen molar-refractivity contribution in [2.75, 3.05) is 11.1 Å². The maximum Gasteiger partial charge on any atom is 0.236 e. The summed E-state index contributed by atoms with van der Waals surface area (Å²) in [6.45, 7) is 6.99. The largest absolute Gasteiger partial charge is 0.383 e. The van der Waals surface area contributed by atoms with Crippen LogP contribution < -0.4 is 11.1 Å². The molecule has 2 atom stereocenters. The van der Waals surface area contributed by atoms with Gasteiger partial charge in [-0.3, -0.25) is 9.78 Å². The van der Waals surface area contributed by atoms with Gasteiger partial charge in [0.2, 0.25) is 11.9 Å². The van der Waals surface area contributed by atoms with E-state index in [1.807, 2.05) is 6.07 Å². The Balaban J connectivity index is 1.70. The van der Waals surface area contributed by atoms with Crippen LogP contribution in [0.25, 0.3) is 26.9 Å². The lowest BCUT2D eigenvalue weighted by molar-refractivity contribution is -0.117. The highest BCUT2D eigenvalue weighted by atomic mass is 16.2. The molecule has 3 aromatic rings. The predicted molar refractivity (Wildman–Crippen MR) is 104 cm³/mol. The second-order valence-corrected chi connectivity index (χ2v) is 6.58. The van der Waals surface area contributed by atoms with Crippen molar-refractivity contribution in [1.82, 2.24) is 15.0 Å². The van der Waals surface area contributed by atoms with Crippen molar-refractivity contribution in [3.63, 3.8) is 0 Å². The Kier molecular flexibility index (Phi) is 4.30. The van der Waals surface area contributed by atoms with E-state index in [0.717, 1.165) is 16.5 Å². The van der Waals surface area contributed by atoms with Gasteiger partial charge >= 0.3 is 0 Å². The molecule has 1 aliphatic rings. The standard InChI is InChI=1S/C20H15N7O/c1-23-16-8-13(16)20(28)27-18-7-12-6-17(26-19(22)15(12)10-25-18)14-9-24-5-3-11(14)2-4-21/h3,5-7,9-10,13,16H,2,8H2,(H2,22,26)(H,25,27,28)/t13-,16-/m1/s1. The number of amides is 1. The van der Waals surface area contributed by atoms with Crippen molar-refractivity contribution in [2.24, 2.45) is 5.92 Å². The molecule has 0 radical (unpaired) electrons. The third-order valence-corrected chi connectivity index (χ3v) is 4.71. The highest BCUT2D eigenvalue weighted by Crippen LogP contribution is 2.35. The van der Waals surface area contributed by atoms with Crippen molar-refractivity contribution in [1.29, 1.82) is 5.26 Å². The van der Waals surface area contributed by atoms with Gasteiger partial charge in [-0.1, -0.05) is 0 Å². The summed E-state index contributed by atoms with van der Waals surface area (Å²) in [6, 6.07) is 7.25. The topological polar surface area (TPSA) is 122 Å². The van der Waals surface area contributed by atoms with Crippen LogP contribution in [0.4, 0.5) is 11.6 Å². The minimum atomic E-state index is -0.267. The van der Waals surface area contributed by atoms with E-state index in [1.54, 1.807) is 30.7 Å². The Morgan fingerprint density at radius 3 is 3.04 bits per heavy atom. The molecule has 0 unspecified atom stereocenters. The molecule has 8 heteroatoms. The normalized spacial score (nSPS) is 17.5. The monoisotopic (exact) mass is 369 g/mol. The van der Waals surface area contributed by atoms with Crippen LogP contribution in [0.15, 0.2) is 36.8 Å². The molecule has 1 amide bonds. The molecule has 0 spiro atoms. The Hall–Kier alpha value is -4.04. The zero-order valence-electron chi connectivity index (χ0n) is 14.8. The SMILES string of the molecule is [C-]#[N+][C@@H]1C[C@H]1C(=O)Nc1cc2cc(-c3cnccc3CC#N)nc(N)c2cn1. The number of hydrogen-bond donors (Lipinski definition) is 2. The lowest BCUT2D eigenvalue weighted by Crippen LogP contribution is -2.16. The Morgan fingerprint density at radius 2 is 2.29 bits per heavy atom. The number of fused-ring (bicyclic) bond motifs is 1. The molecule has 0 aliphatic heterocycles. The average Bonchev–Trinajstić information content (AvgIpc) is 3.48. The molecule has 1 fully saturated rings. The molecule has 4 rings (SSSR count). The number of carbonyl (C=O) groups excluding carboxylic acids is 1. The predicted octanol–water partition coefficient (Wildman–Crippen LogP) is 2.59. The summed E-state index contributed by atoms with van der Waals surface area (Å²) in [4.78, 5) is 28.4. The van der Waals surface area contributed by atoms with E-state index in [0.29, 0.717) is 29.1 Å². The summed E-state index contributed by atoms with van der Waals surface area (Å²) in [5, 5.41) is 13.2. The van der Waals surface area contributed by atoms with Gasteiger partial charge < -0.3 is 15.9 Å². The van der Waals surface area contributed by atoms with E-state index in [2.05, 4.69) is 31.2 Å². The number of nitrogen functional groups attached to an aromatic ring is 1. The van der Waals surface area contributed by atoms with E-state index in [-0.39, 0.29) is 24.3 Å². The van der Waals surface area contributed by atoms with Gasteiger partial charge in [0.1, 0.15) is 17.6 Å². The lowest BCUT2D eigenvalue weighted by Gasteiger charge is -2.10. The number of anilines is 2. The maximum atomic E-state index is 12.2. The first-order valence-corrected chi connectivity index (χ1v) is 8.64. The first kappa shape index (κ1) is 17.4. The van der Waals surface area contributed by atoms with E-state index < -0.39 is 0 Å². The van der Waals surface area contributed by atoms with Crippen molar-refractivity contribution in [2.45, 2.75) is 18.9 Å². The summed E-state index contributed by atoms with van der Waals surface area (Å²) in [5.74, 6) is 0.240. The summed E-state index contributed by atoms with van der Waals surface area (Å²) < 4.78 is 0. The number of aromatic nitrogens is 3. The number of carbonyl (C=O) groups is 1. The second kappa shape index (κ2) is 6.93. The third-order valence-electron chi connectivity index (χ3n) is 4.71. The first-order valence-electron chi connectivity index (χ1n) is 8.64. The van der Waals surface area contributed by atoms with E-state index in [1.165, 1.54) is 0 Å².